The minimum Gasteiger partial charge on any atom is -0.478 e. The topological polar surface area (TPSA) is 40.5 Å². The zero-order valence-corrected chi connectivity index (χ0v) is 13.5. The molecule has 0 amide bonds. The highest BCUT2D eigenvalue weighted by Crippen LogP contribution is 2.25. The Kier molecular flexibility index (Phi) is 5.61. The minimum atomic E-state index is -0.882. The normalized spacial score (nSPS) is 16.6. The van der Waals surface area contributed by atoms with E-state index in [0.717, 1.165) is 29.0 Å². The standard InChI is InChI=1S/C16H22BrNO2/c1-18(10-12-5-3-2-4-6-12)11-14-8-7-13(16(19)20)9-15(14)17/h7-9,12H,2-6,10-11H2,1H3,(H,19,20). The second-order valence-electron chi connectivity index (χ2n) is 5.81. The summed E-state index contributed by atoms with van der Waals surface area (Å²) in [5, 5.41) is 8.97. The lowest BCUT2D eigenvalue weighted by atomic mass is 9.89. The average molecular weight is 340 g/mol. The van der Waals surface area contributed by atoms with Crippen LogP contribution in [0.2, 0.25) is 0 Å². The van der Waals surface area contributed by atoms with Crippen molar-refractivity contribution in [2.45, 2.75) is 38.6 Å². The first-order valence-electron chi connectivity index (χ1n) is 7.26. The fraction of sp³-hybridized carbons (Fsp3) is 0.562. The molecule has 4 heteroatoms. The van der Waals surface area contributed by atoms with Gasteiger partial charge in [-0.15, -0.1) is 0 Å². The second kappa shape index (κ2) is 7.23. The lowest BCUT2D eigenvalue weighted by molar-refractivity contribution is 0.0697. The summed E-state index contributed by atoms with van der Waals surface area (Å²) < 4.78 is 0.882. The summed E-state index contributed by atoms with van der Waals surface area (Å²) in [5.41, 5.74) is 1.48. The third-order valence-corrected chi connectivity index (χ3v) is 4.77. The Labute approximate surface area is 129 Å². The smallest absolute Gasteiger partial charge is 0.335 e. The Hall–Kier alpha value is -0.870. The van der Waals surface area contributed by atoms with Crippen molar-refractivity contribution in [3.05, 3.63) is 33.8 Å². The molecule has 1 aromatic carbocycles. The number of nitrogens with zero attached hydrogens (tertiary/aromatic N) is 1. The Morgan fingerprint density at radius 2 is 2.05 bits per heavy atom. The third kappa shape index (κ3) is 4.32. The van der Waals surface area contributed by atoms with E-state index in [0.29, 0.717) is 5.56 Å². The van der Waals surface area contributed by atoms with Crippen molar-refractivity contribution in [1.82, 2.24) is 4.90 Å². The predicted octanol–water partition coefficient (Wildman–Crippen LogP) is 4.16. The number of halogens is 1. The summed E-state index contributed by atoms with van der Waals surface area (Å²) in [5.74, 6) is -0.0568. The van der Waals surface area contributed by atoms with E-state index in [1.165, 1.54) is 32.1 Å². The predicted molar refractivity (Wildman–Crippen MR) is 84.0 cm³/mol. The van der Waals surface area contributed by atoms with Crippen LogP contribution in [0.1, 0.15) is 48.0 Å². The van der Waals surface area contributed by atoms with Crippen LogP contribution in [0, 0.1) is 5.92 Å². The lowest BCUT2D eigenvalue weighted by Gasteiger charge is -2.27. The van der Waals surface area contributed by atoms with E-state index < -0.39 is 5.97 Å². The monoisotopic (exact) mass is 339 g/mol. The van der Waals surface area contributed by atoms with Crippen molar-refractivity contribution in [3.63, 3.8) is 0 Å². The minimum absolute atomic E-state index is 0.329. The van der Waals surface area contributed by atoms with Crippen molar-refractivity contribution in [2.75, 3.05) is 13.6 Å². The highest BCUT2D eigenvalue weighted by atomic mass is 79.9. The molecule has 20 heavy (non-hydrogen) atoms. The zero-order chi connectivity index (χ0) is 14.5. The first-order chi connectivity index (χ1) is 9.56. The number of carboxylic acid groups (broad SMARTS) is 1. The SMILES string of the molecule is CN(Cc1ccc(C(=O)O)cc1Br)CC1CCCCC1. The molecule has 1 aliphatic rings. The van der Waals surface area contributed by atoms with E-state index >= 15 is 0 Å². The van der Waals surface area contributed by atoms with Gasteiger partial charge in [0.1, 0.15) is 0 Å². The first kappa shape index (κ1) is 15.5. The summed E-state index contributed by atoms with van der Waals surface area (Å²) in [7, 11) is 2.14. The molecule has 1 N–H and O–H groups in total. The highest BCUT2D eigenvalue weighted by molar-refractivity contribution is 9.10. The van der Waals surface area contributed by atoms with Crippen LogP contribution >= 0.6 is 15.9 Å². The van der Waals surface area contributed by atoms with Crippen LogP contribution < -0.4 is 0 Å². The van der Waals surface area contributed by atoms with Crippen molar-refractivity contribution < 1.29 is 9.90 Å². The van der Waals surface area contributed by atoms with E-state index in [4.69, 9.17) is 5.11 Å². The van der Waals surface area contributed by atoms with Crippen LogP contribution in [0.4, 0.5) is 0 Å². The van der Waals surface area contributed by atoms with E-state index in [1.54, 1.807) is 12.1 Å². The molecule has 0 saturated heterocycles. The van der Waals surface area contributed by atoms with Crippen LogP contribution in [0.5, 0.6) is 0 Å². The number of carbonyl (C=O) groups is 1. The third-order valence-electron chi connectivity index (χ3n) is 4.03. The molecular weight excluding hydrogens is 318 g/mol. The molecule has 0 atom stereocenters. The van der Waals surface area contributed by atoms with Crippen molar-refractivity contribution in [2.24, 2.45) is 5.92 Å². The molecule has 2 rings (SSSR count). The molecule has 0 radical (unpaired) electrons. The summed E-state index contributed by atoms with van der Waals surface area (Å²) in [6.07, 6.45) is 6.83. The van der Waals surface area contributed by atoms with Crippen molar-refractivity contribution >= 4 is 21.9 Å². The van der Waals surface area contributed by atoms with Gasteiger partial charge in [0.15, 0.2) is 0 Å². The van der Waals surface area contributed by atoms with Crippen LogP contribution in [-0.4, -0.2) is 29.6 Å². The number of aromatic carboxylic acids is 1. The maximum atomic E-state index is 10.9. The van der Waals surface area contributed by atoms with Crippen LogP contribution in [-0.2, 0) is 6.54 Å². The van der Waals surface area contributed by atoms with Crippen molar-refractivity contribution in [3.8, 4) is 0 Å². The molecule has 0 aliphatic heterocycles. The summed E-state index contributed by atoms with van der Waals surface area (Å²) in [6.45, 7) is 1.99. The largest absolute Gasteiger partial charge is 0.478 e. The fourth-order valence-corrected chi connectivity index (χ4v) is 3.48. The van der Waals surface area contributed by atoms with E-state index in [-0.39, 0.29) is 0 Å². The molecule has 1 fully saturated rings. The van der Waals surface area contributed by atoms with Gasteiger partial charge in [0.05, 0.1) is 5.56 Å². The fourth-order valence-electron chi connectivity index (χ4n) is 2.97. The maximum Gasteiger partial charge on any atom is 0.335 e. The number of carboxylic acids is 1. The van der Waals surface area contributed by atoms with Gasteiger partial charge in [-0.3, -0.25) is 0 Å². The van der Waals surface area contributed by atoms with Gasteiger partial charge in [0.25, 0.3) is 0 Å². The van der Waals surface area contributed by atoms with Gasteiger partial charge in [0, 0.05) is 17.6 Å². The molecular formula is C16H22BrNO2. The summed E-state index contributed by atoms with van der Waals surface area (Å²) in [6, 6.07) is 5.27. The van der Waals surface area contributed by atoms with E-state index in [9.17, 15) is 4.79 Å². The van der Waals surface area contributed by atoms with Gasteiger partial charge in [-0.1, -0.05) is 41.3 Å². The van der Waals surface area contributed by atoms with Crippen LogP contribution in [0.25, 0.3) is 0 Å². The van der Waals surface area contributed by atoms with Gasteiger partial charge in [-0.2, -0.15) is 0 Å². The molecule has 110 valence electrons. The van der Waals surface area contributed by atoms with E-state index in [1.807, 2.05) is 6.07 Å². The molecule has 1 aliphatic carbocycles. The summed E-state index contributed by atoms with van der Waals surface area (Å²) >= 11 is 3.48. The zero-order valence-electron chi connectivity index (χ0n) is 11.9. The molecule has 1 aromatic rings. The Morgan fingerprint density at radius 3 is 2.65 bits per heavy atom. The van der Waals surface area contributed by atoms with Crippen LogP contribution in [0.3, 0.4) is 0 Å². The summed E-state index contributed by atoms with van der Waals surface area (Å²) in [4.78, 5) is 13.3. The number of hydrogen-bond acceptors (Lipinski definition) is 2. The maximum absolute atomic E-state index is 10.9. The first-order valence-corrected chi connectivity index (χ1v) is 8.06. The second-order valence-corrected chi connectivity index (χ2v) is 6.67. The molecule has 0 bridgehead atoms. The molecule has 1 saturated carbocycles. The average Bonchev–Trinajstić information content (AvgIpc) is 2.42. The molecule has 0 aromatic heterocycles. The number of hydrogen-bond donors (Lipinski definition) is 1. The molecule has 0 spiro atoms. The number of rotatable bonds is 5. The molecule has 0 heterocycles. The highest BCUT2D eigenvalue weighted by Gasteiger charge is 2.16. The van der Waals surface area contributed by atoms with Crippen molar-refractivity contribution in [1.29, 1.82) is 0 Å². The van der Waals surface area contributed by atoms with Gasteiger partial charge >= 0.3 is 5.97 Å². The quantitative estimate of drug-likeness (QED) is 0.875. The Balaban J connectivity index is 1.93. The van der Waals surface area contributed by atoms with Gasteiger partial charge in [0.2, 0.25) is 0 Å². The molecule has 3 nitrogen and oxygen atoms in total. The Morgan fingerprint density at radius 1 is 1.35 bits per heavy atom. The van der Waals surface area contributed by atoms with Gasteiger partial charge < -0.3 is 10.0 Å². The van der Waals surface area contributed by atoms with Crippen LogP contribution in [0.15, 0.2) is 22.7 Å². The lowest BCUT2D eigenvalue weighted by Crippen LogP contribution is -2.26. The van der Waals surface area contributed by atoms with Gasteiger partial charge in [-0.05, 0) is 43.5 Å². The number of benzene rings is 1. The molecule has 0 unspecified atom stereocenters. The van der Waals surface area contributed by atoms with E-state index in [2.05, 4.69) is 27.9 Å². The Bertz CT molecular complexity index is 470. The van der Waals surface area contributed by atoms with Gasteiger partial charge in [-0.25, -0.2) is 4.79 Å².